The second-order valence-electron chi connectivity index (χ2n) is 5.45. The van der Waals surface area contributed by atoms with Crippen molar-refractivity contribution in [3.63, 3.8) is 0 Å². The van der Waals surface area contributed by atoms with Crippen LogP contribution in [-0.4, -0.2) is 37.6 Å². The number of rotatable bonds is 7. The van der Waals surface area contributed by atoms with Crippen molar-refractivity contribution >= 4 is 5.91 Å². The highest BCUT2D eigenvalue weighted by molar-refractivity contribution is 5.87. The number of nitrogens with zero attached hydrogens (tertiary/aromatic N) is 1. The first-order valence-electron chi connectivity index (χ1n) is 6.80. The van der Waals surface area contributed by atoms with Crippen molar-refractivity contribution in [2.75, 3.05) is 27.2 Å². The molecule has 0 aliphatic heterocycles. The molecule has 20 heavy (non-hydrogen) atoms. The van der Waals surface area contributed by atoms with Crippen molar-refractivity contribution < 1.29 is 21.7 Å². The van der Waals surface area contributed by atoms with Gasteiger partial charge in [0.25, 0.3) is 0 Å². The van der Waals surface area contributed by atoms with E-state index in [1.807, 2.05) is 13.0 Å². The largest absolute Gasteiger partial charge is 1.00 e. The molecule has 0 heterocycles. The van der Waals surface area contributed by atoms with E-state index in [9.17, 15) is 4.79 Å². The molecule has 1 N–H and O–H groups in total. The SMILES string of the molecule is CC=CC(=O)NCCC[N+](C)(C)Cc1ccccc1.[Cl-]. The fourth-order valence-electron chi connectivity index (χ4n) is 2.09. The van der Waals surface area contributed by atoms with Gasteiger partial charge in [0, 0.05) is 18.5 Å². The quantitative estimate of drug-likeness (QED) is 0.404. The number of carbonyl (C=O) groups is 1. The molecule has 112 valence electrons. The number of benzene rings is 1. The summed E-state index contributed by atoms with van der Waals surface area (Å²) >= 11 is 0. The highest BCUT2D eigenvalue weighted by Crippen LogP contribution is 2.09. The van der Waals surface area contributed by atoms with Crippen LogP contribution in [0.3, 0.4) is 0 Å². The minimum atomic E-state index is -0.00383. The predicted octanol–water partition coefficient (Wildman–Crippen LogP) is -0.651. The Morgan fingerprint density at radius 2 is 1.90 bits per heavy atom. The van der Waals surface area contributed by atoms with E-state index in [0.717, 1.165) is 30.5 Å². The molecule has 0 atom stereocenters. The van der Waals surface area contributed by atoms with Gasteiger partial charge < -0.3 is 22.2 Å². The Hall–Kier alpha value is -1.32. The molecule has 0 aromatic heterocycles. The fourth-order valence-corrected chi connectivity index (χ4v) is 2.09. The molecule has 0 aliphatic carbocycles. The van der Waals surface area contributed by atoms with Gasteiger partial charge in [0.2, 0.25) is 5.91 Å². The van der Waals surface area contributed by atoms with Gasteiger partial charge in [0.1, 0.15) is 6.54 Å². The second-order valence-corrected chi connectivity index (χ2v) is 5.45. The first-order chi connectivity index (χ1) is 9.03. The van der Waals surface area contributed by atoms with Crippen LogP contribution in [0.5, 0.6) is 0 Å². The molecule has 0 radical (unpaired) electrons. The van der Waals surface area contributed by atoms with E-state index in [4.69, 9.17) is 0 Å². The van der Waals surface area contributed by atoms with Gasteiger partial charge in [-0.2, -0.15) is 0 Å². The Morgan fingerprint density at radius 1 is 1.25 bits per heavy atom. The molecule has 0 bridgehead atoms. The predicted molar refractivity (Wildman–Crippen MR) is 79.6 cm³/mol. The Labute approximate surface area is 128 Å². The van der Waals surface area contributed by atoms with E-state index >= 15 is 0 Å². The number of amides is 1. The maximum atomic E-state index is 11.3. The smallest absolute Gasteiger partial charge is 0.243 e. The minimum absolute atomic E-state index is 0. The maximum absolute atomic E-state index is 11.3. The van der Waals surface area contributed by atoms with Crippen molar-refractivity contribution in [1.82, 2.24) is 5.32 Å². The highest BCUT2D eigenvalue weighted by atomic mass is 35.5. The second kappa shape index (κ2) is 9.56. The van der Waals surface area contributed by atoms with Gasteiger partial charge in [0.15, 0.2) is 0 Å². The molecule has 1 aromatic carbocycles. The standard InChI is InChI=1S/C16H24N2O.ClH/c1-4-9-16(19)17-12-8-13-18(2,3)14-15-10-6-5-7-11-15;/h4-7,9-11H,8,12-14H2,1-3H3;1H. The number of allylic oxidation sites excluding steroid dienone is 1. The third kappa shape index (κ3) is 7.97. The summed E-state index contributed by atoms with van der Waals surface area (Å²) in [5.74, 6) is -0.00383. The van der Waals surface area contributed by atoms with Crippen LogP contribution in [0.25, 0.3) is 0 Å². The molecule has 0 saturated carbocycles. The van der Waals surface area contributed by atoms with Crippen LogP contribution in [0.4, 0.5) is 0 Å². The van der Waals surface area contributed by atoms with Crippen molar-refractivity contribution in [3.8, 4) is 0 Å². The molecular weight excluding hydrogens is 272 g/mol. The third-order valence-electron chi connectivity index (χ3n) is 3.01. The number of halogens is 1. The number of hydrogen-bond acceptors (Lipinski definition) is 1. The van der Waals surface area contributed by atoms with Crippen LogP contribution in [0, 0.1) is 0 Å². The van der Waals surface area contributed by atoms with Crippen LogP contribution in [-0.2, 0) is 11.3 Å². The number of nitrogens with one attached hydrogen (secondary N) is 1. The van der Waals surface area contributed by atoms with Crippen LogP contribution < -0.4 is 17.7 Å². The average Bonchev–Trinajstić information content (AvgIpc) is 2.36. The number of hydrogen-bond donors (Lipinski definition) is 1. The fraction of sp³-hybridized carbons (Fsp3) is 0.438. The molecule has 0 spiro atoms. The van der Waals surface area contributed by atoms with Crippen molar-refractivity contribution in [1.29, 1.82) is 0 Å². The molecule has 0 unspecified atom stereocenters. The van der Waals surface area contributed by atoms with Gasteiger partial charge in [0.05, 0.1) is 20.6 Å². The Bertz CT molecular complexity index is 416. The maximum Gasteiger partial charge on any atom is 0.243 e. The van der Waals surface area contributed by atoms with Crippen molar-refractivity contribution in [2.45, 2.75) is 19.9 Å². The van der Waals surface area contributed by atoms with E-state index < -0.39 is 0 Å². The summed E-state index contributed by atoms with van der Waals surface area (Å²) < 4.78 is 0.934. The van der Waals surface area contributed by atoms with Crippen LogP contribution >= 0.6 is 0 Å². The molecule has 3 nitrogen and oxygen atoms in total. The van der Waals surface area contributed by atoms with Crippen LogP contribution in [0.15, 0.2) is 42.5 Å². The van der Waals surface area contributed by atoms with E-state index in [1.54, 1.807) is 12.2 Å². The zero-order valence-corrected chi connectivity index (χ0v) is 13.4. The molecular formula is C16H25ClN2O. The summed E-state index contributed by atoms with van der Waals surface area (Å²) in [5.41, 5.74) is 1.35. The van der Waals surface area contributed by atoms with Crippen molar-refractivity contribution in [3.05, 3.63) is 48.0 Å². The zero-order valence-electron chi connectivity index (χ0n) is 12.6. The lowest BCUT2D eigenvalue weighted by Gasteiger charge is -2.30. The lowest BCUT2D eigenvalue weighted by atomic mass is 10.2. The van der Waals surface area contributed by atoms with Crippen LogP contribution in [0.2, 0.25) is 0 Å². The summed E-state index contributed by atoms with van der Waals surface area (Å²) in [4.78, 5) is 11.3. The topological polar surface area (TPSA) is 29.1 Å². The van der Waals surface area contributed by atoms with Gasteiger partial charge in [-0.3, -0.25) is 4.79 Å². The van der Waals surface area contributed by atoms with E-state index in [1.165, 1.54) is 5.56 Å². The first kappa shape index (κ1) is 18.7. The molecule has 0 fully saturated rings. The Balaban J connectivity index is 0.00000361. The van der Waals surface area contributed by atoms with Gasteiger partial charge in [-0.05, 0) is 13.0 Å². The average molecular weight is 297 g/mol. The van der Waals surface area contributed by atoms with E-state index in [-0.39, 0.29) is 18.3 Å². The number of carbonyl (C=O) groups excluding carboxylic acids is 1. The molecule has 0 saturated heterocycles. The Kier molecular flexibility index (Phi) is 8.93. The lowest BCUT2D eigenvalue weighted by Crippen LogP contribution is -3.00. The summed E-state index contributed by atoms with van der Waals surface area (Å²) in [5, 5.41) is 2.88. The highest BCUT2D eigenvalue weighted by Gasteiger charge is 2.15. The lowest BCUT2D eigenvalue weighted by molar-refractivity contribution is -0.903. The van der Waals surface area contributed by atoms with Gasteiger partial charge in [-0.15, -0.1) is 0 Å². The molecule has 0 aliphatic rings. The summed E-state index contributed by atoms with van der Waals surface area (Å²) in [7, 11) is 4.45. The molecule has 1 aromatic rings. The van der Waals surface area contributed by atoms with Gasteiger partial charge >= 0.3 is 0 Å². The zero-order chi connectivity index (χ0) is 14.1. The normalized spacial score (nSPS) is 11.2. The Morgan fingerprint density at radius 3 is 2.50 bits per heavy atom. The molecule has 1 rings (SSSR count). The summed E-state index contributed by atoms with van der Waals surface area (Å²) in [6, 6.07) is 10.5. The molecule has 4 heteroatoms. The summed E-state index contributed by atoms with van der Waals surface area (Å²) in [6.07, 6.45) is 4.30. The number of quaternary nitrogens is 1. The minimum Gasteiger partial charge on any atom is -1.00 e. The molecule has 1 amide bonds. The van der Waals surface area contributed by atoms with E-state index in [0.29, 0.717) is 0 Å². The van der Waals surface area contributed by atoms with Gasteiger partial charge in [-0.25, -0.2) is 0 Å². The first-order valence-corrected chi connectivity index (χ1v) is 6.80. The van der Waals surface area contributed by atoms with E-state index in [2.05, 4.69) is 43.7 Å². The van der Waals surface area contributed by atoms with Crippen molar-refractivity contribution in [2.24, 2.45) is 0 Å². The third-order valence-corrected chi connectivity index (χ3v) is 3.01. The van der Waals surface area contributed by atoms with Crippen LogP contribution in [0.1, 0.15) is 18.9 Å². The van der Waals surface area contributed by atoms with Gasteiger partial charge in [-0.1, -0.05) is 36.4 Å². The summed E-state index contributed by atoms with van der Waals surface area (Å²) in [6.45, 7) is 4.65. The monoisotopic (exact) mass is 296 g/mol.